The second-order valence-corrected chi connectivity index (χ2v) is 2.77. The van der Waals surface area contributed by atoms with Crippen LogP contribution < -0.4 is 5.73 Å². The van der Waals surface area contributed by atoms with Gasteiger partial charge in [-0.15, -0.1) is 11.3 Å². The molecule has 9 heavy (non-hydrogen) atoms. The van der Waals surface area contributed by atoms with Gasteiger partial charge in [0.1, 0.15) is 0 Å². The molecule has 0 atom stereocenters. The molecular weight excluding hydrogens is 130 g/mol. The maximum Gasteiger partial charge on any atom is 0.0313 e. The van der Waals surface area contributed by atoms with Crippen molar-refractivity contribution in [1.29, 1.82) is 0 Å². The summed E-state index contributed by atoms with van der Waals surface area (Å²) in [5, 5.41) is 2.04. The number of rotatable bonds is 1. The summed E-state index contributed by atoms with van der Waals surface area (Å²) in [7, 11) is 0. The van der Waals surface area contributed by atoms with E-state index in [1.165, 1.54) is 4.88 Å². The van der Waals surface area contributed by atoms with Crippen LogP contribution >= 0.6 is 11.3 Å². The Kier molecular flexibility index (Phi) is 1.90. The van der Waals surface area contributed by atoms with Gasteiger partial charge in [-0.1, -0.05) is 6.07 Å². The molecule has 0 aromatic carbocycles. The average Bonchev–Trinajstić information content (AvgIpc) is 2.37. The summed E-state index contributed by atoms with van der Waals surface area (Å²) in [4.78, 5) is 1.25. The number of hydrogen-bond donors (Lipinski definition) is 1. The van der Waals surface area contributed by atoms with Gasteiger partial charge in [0.25, 0.3) is 0 Å². The van der Waals surface area contributed by atoms with Gasteiger partial charge in [-0.2, -0.15) is 0 Å². The van der Waals surface area contributed by atoms with E-state index < -0.39 is 0 Å². The maximum atomic E-state index is 5.31. The molecule has 0 unspecified atom stereocenters. The van der Waals surface area contributed by atoms with Crippen LogP contribution in [0.2, 0.25) is 0 Å². The standard InChI is InChI=1S/C7H9NS/c1-6(5-8)7-3-2-4-9-7/h2-5H,8H2,1H3/b6-5+. The van der Waals surface area contributed by atoms with Crippen LogP contribution in [0.5, 0.6) is 0 Å². The van der Waals surface area contributed by atoms with Crippen molar-refractivity contribution in [2.24, 2.45) is 5.73 Å². The van der Waals surface area contributed by atoms with E-state index in [1.54, 1.807) is 17.5 Å². The smallest absolute Gasteiger partial charge is 0.0313 e. The molecule has 0 radical (unpaired) electrons. The van der Waals surface area contributed by atoms with Crippen molar-refractivity contribution in [2.45, 2.75) is 6.92 Å². The van der Waals surface area contributed by atoms with E-state index >= 15 is 0 Å². The summed E-state index contributed by atoms with van der Waals surface area (Å²) in [6, 6.07) is 4.08. The van der Waals surface area contributed by atoms with Crippen LogP contribution in [0.3, 0.4) is 0 Å². The molecule has 1 nitrogen and oxygen atoms in total. The number of thiophene rings is 1. The van der Waals surface area contributed by atoms with Gasteiger partial charge in [-0.3, -0.25) is 0 Å². The van der Waals surface area contributed by atoms with E-state index in [1.807, 2.05) is 18.4 Å². The zero-order valence-electron chi connectivity index (χ0n) is 5.29. The third kappa shape index (κ3) is 1.33. The molecule has 0 amide bonds. The Bertz CT molecular complexity index is 199. The topological polar surface area (TPSA) is 26.0 Å². The lowest BCUT2D eigenvalue weighted by atomic mass is 10.3. The summed E-state index contributed by atoms with van der Waals surface area (Å²) < 4.78 is 0. The fraction of sp³-hybridized carbons (Fsp3) is 0.143. The highest BCUT2D eigenvalue weighted by Gasteiger charge is 1.91. The predicted molar refractivity (Wildman–Crippen MR) is 42.2 cm³/mol. The van der Waals surface area contributed by atoms with Gasteiger partial charge in [0.15, 0.2) is 0 Å². The fourth-order valence-electron chi connectivity index (χ4n) is 0.585. The molecule has 2 N–H and O–H groups in total. The Labute approximate surface area is 58.8 Å². The van der Waals surface area contributed by atoms with Crippen molar-refractivity contribution in [2.75, 3.05) is 0 Å². The van der Waals surface area contributed by atoms with Crippen LogP contribution in [0.4, 0.5) is 0 Å². The lowest BCUT2D eigenvalue weighted by molar-refractivity contribution is 1.56. The highest BCUT2D eigenvalue weighted by molar-refractivity contribution is 7.11. The van der Waals surface area contributed by atoms with E-state index in [2.05, 4.69) is 6.07 Å². The second-order valence-electron chi connectivity index (χ2n) is 1.83. The van der Waals surface area contributed by atoms with Crippen molar-refractivity contribution in [3.8, 4) is 0 Å². The Morgan fingerprint density at radius 1 is 1.78 bits per heavy atom. The molecule has 0 aliphatic heterocycles. The first-order valence-electron chi connectivity index (χ1n) is 2.77. The van der Waals surface area contributed by atoms with Crippen LogP contribution in [-0.4, -0.2) is 0 Å². The SMILES string of the molecule is C/C(=C\N)c1cccs1. The molecule has 0 saturated carbocycles. The molecule has 2 heteroatoms. The lowest BCUT2D eigenvalue weighted by Gasteiger charge is -1.90. The van der Waals surface area contributed by atoms with E-state index in [0.29, 0.717) is 0 Å². The minimum atomic E-state index is 1.14. The van der Waals surface area contributed by atoms with E-state index in [9.17, 15) is 0 Å². The van der Waals surface area contributed by atoms with Crippen LogP contribution in [-0.2, 0) is 0 Å². The summed E-state index contributed by atoms with van der Waals surface area (Å²) in [6.07, 6.45) is 1.63. The quantitative estimate of drug-likeness (QED) is 0.633. The molecule has 0 fully saturated rings. The number of allylic oxidation sites excluding steroid dienone is 1. The number of hydrogen-bond acceptors (Lipinski definition) is 2. The monoisotopic (exact) mass is 139 g/mol. The average molecular weight is 139 g/mol. The lowest BCUT2D eigenvalue weighted by Crippen LogP contribution is -1.80. The van der Waals surface area contributed by atoms with Gasteiger partial charge >= 0.3 is 0 Å². The first-order chi connectivity index (χ1) is 4.34. The zero-order chi connectivity index (χ0) is 6.69. The Morgan fingerprint density at radius 3 is 3.00 bits per heavy atom. The van der Waals surface area contributed by atoms with E-state index in [4.69, 9.17) is 5.73 Å². The normalized spacial score (nSPS) is 11.9. The first kappa shape index (κ1) is 6.36. The largest absolute Gasteiger partial charge is 0.404 e. The number of nitrogens with two attached hydrogens (primary N) is 1. The molecular formula is C7H9NS. The van der Waals surface area contributed by atoms with Gasteiger partial charge < -0.3 is 5.73 Å². The van der Waals surface area contributed by atoms with Crippen molar-refractivity contribution in [3.63, 3.8) is 0 Å². The van der Waals surface area contributed by atoms with Crippen LogP contribution in [0.1, 0.15) is 11.8 Å². The molecule has 1 aromatic rings. The highest BCUT2D eigenvalue weighted by Crippen LogP contribution is 2.17. The Hall–Kier alpha value is -0.760. The molecule has 1 rings (SSSR count). The maximum absolute atomic E-state index is 5.31. The molecule has 0 saturated heterocycles. The van der Waals surface area contributed by atoms with Crippen LogP contribution in [0.25, 0.3) is 5.57 Å². The summed E-state index contributed by atoms with van der Waals surface area (Å²) >= 11 is 1.71. The van der Waals surface area contributed by atoms with Crippen LogP contribution in [0.15, 0.2) is 23.7 Å². The fourth-order valence-corrected chi connectivity index (χ4v) is 1.30. The molecule has 1 aromatic heterocycles. The van der Waals surface area contributed by atoms with Gasteiger partial charge in [-0.05, 0) is 30.1 Å². The predicted octanol–water partition coefficient (Wildman–Crippen LogP) is 2.07. The van der Waals surface area contributed by atoms with Gasteiger partial charge in [-0.25, -0.2) is 0 Å². The van der Waals surface area contributed by atoms with Gasteiger partial charge in [0.05, 0.1) is 0 Å². The molecule has 0 bridgehead atoms. The van der Waals surface area contributed by atoms with Crippen molar-refractivity contribution in [1.82, 2.24) is 0 Å². The minimum Gasteiger partial charge on any atom is -0.404 e. The molecule has 1 heterocycles. The summed E-state index contributed by atoms with van der Waals surface area (Å²) in [6.45, 7) is 2.01. The molecule has 48 valence electrons. The van der Waals surface area contributed by atoms with Crippen molar-refractivity contribution < 1.29 is 0 Å². The third-order valence-electron chi connectivity index (χ3n) is 1.16. The summed E-state index contributed by atoms with van der Waals surface area (Å²) in [5.74, 6) is 0. The molecule has 0 aliphatic rings. The van der Waals surface area contributed by atoms with Gasteiger partial charge in [0.2, 0.25) is 0 Å². The van der Waals surface area contributed by atoms with Crippen molar-refractivity contribution in [3.05, 3.63) is 28.6 Å². The zero-order valence-corrected chi connectivity index (χ0v) is 6.11. The highest BCUT2D eigenvalue weighted by atomic mass is 32.1. The van der Waals surface area contributed by atoms with E-state index in [0.717, 1.165) is 5.57 Å². The van der Waals surface area contributed by atoms with Crippen LogP contribution in [0, 0.1) is 0 Å². The second kappa shape index (κ2) is 2.69. The molecule has 0 spiro atoms. The van der Waals surface area contributed by atoms with Crippen molar-refractivity contribution >= 4 is 16.9 Å². The Balaban J connectivity index is 2.90. The van der Waals surface area contributed by atoms with E-state index in [-0.39, 0.29) is 0 Å². The summed E-state index contributed by atoms with van der Waals surface area (Å²) in [5.41, 5.74) is 6.45. The Morgan fingerprint density at radius 2 is 2.56 bits per heavy atom. The third-order valence-corrected chi connectivity index (χ3v) is 2.17. The van der Waals surface area contributed by atoms with Gasteiger partial charge in [0, 0.05) is 4.88 Å². The molecule has 0 aliphatic carbocycles. The minimum absolute atomic E-state index is 1.14. The first-order valence-corrected chi connectivity index (χ1v) is 3.65.